The molecule has 50 heavy (non-hydrogen) atoms. The molecule has 9 nitrogen and oxygen atoms in total. The maximum Gasteiger partial charge on any atom is 0.494 e. The number of rotatable bonds is 6. The number of amides is 1. The highest BCUT2D eigenvalue weighted by atomic mass is 35.5. The van der Waals surface area contributed by atoms with E-state index in [1.165, 1.54) is 6.08 Å². The van der Waals surface area contributed by atoms with E-state index in [0.717, 1.165) is 29.3 Å². The van der Waals surface area contributed by atoms with Gasteiger partial charge in [0.1, 0.15) is 11.3 Å². The molecule has 12 heteroatoms. The first-order valence-corrected chi connectivity index (χ1v) is 17.7. The summed E-state index contributed by atoms with van der Waals surface area (Å²) >= 11 is 7.14. The Morgan fingerprint density at radius 1 is 1.00 bits per heavy atom. The lowest BCUT2D eigenvalue weighted by molar-refractivity contribution is -0.128. The SMILES string of the molecule is C=CC(=O)N1C[C@H](C)N(c2nc(N3CC(N(C)C)C3)nc3c(F)c(-c4cc(B5OC(C)(C)C(C)(C)O5)cc5ccccc45)c(Cl)cc23)C[C@H]1C. The Balaban J connectivity index is 1.40. The molecule has 1 amide bonds. The van der Waals surface area contributed by atoms with Crippen LogP contribution >= 0.6 is 11.6 Å². The summed E-state index contributed by atoms with van der Waals surface area (Å²) in [5.41, 5.74) is 0.798. The molecular weight excluding hydrogens is 654 g/mol. The summed E-state index contributed by atoms with van der Waals surface area (Å²) in [6, 6.07) is 13.8. The second-order valence-electron chi connectivity index (χ2n) is 15.2. The van der Waals surface area contributed by atoms with Gasteiger partial charge in [-0.25, -0.2) is 9.37 Å². The van der Waals surface area contributed by atoms with Gasteiger partial charge in [0.05, 0.1) is 16.2 Å². The maximum absolute atomic E-state index is 17.5. The molecule has 0 spiro atoms. The molecule has 0 radical (unpaired) electrons. The first-order chi connectivity index (χ1) is 23.6. The molecule has 4 aromatic rings. The maximum atomic E-state index is 17.5. The summed E-state index contributed by atoms with van der Waals surface area (Å²) in [5.74, 6) is 0.449. The van der Waals surface area contributed by atoms with Gasteiger partial charge in [0.2, 0.25) is 11.9 Å². The molecule has 7 rings (SSSR count). The van der Waals surface area contributed by atoms with E-state index >= 15 is 4.39 Å². The highest BCUT2D eigenvalue weighted by Crippen LogP contribution is 2.43. The van der Waals surface area contributed by atoms with Crippen LogP contribution in [0.1, 0.15) is 41.5 Å². The average molecular weight is 699 g/mol. The third-order valence-corrected chi connectivity index (χ3v) is 11.4. The van der Waals surface area contributed by atoms with Crippen LogP contribution in [0.4, 0.5) is 16.2 Å². The van der Waals surface area contributed by atoms with Crippen molar-refractivity contribution in [2.24, 2.45) is 0 Å². The third kappa shape index (κ3) is 5.72. The predicted molar refractivity (Wildman–Crippen MR) is 201 cm³/mol. The smallest absolute Gasteiger partial charge is 0.399 e. The topological polar surface area (TPSA) is 74.3 Å². The highest BCUT2D eigenvalue weighted by Gasteiger charge is 2.52. The van der Waals surface area contributed by atoms with Gasteiger partial charge in [-0.2, -0.15) is 4.98 Å². The van der Waals surface area contributed by atoms with Gasteiger partial charge in [-0.3, -0.25) is 4.79 Å². The van der Waals surface area contributed by atoms with Crippen LogP contribution in [0.3, 0.4) is 0 Å². The first kappa shape index (κ1) is 34.7. The quantitative estimate of drug-likeness (QED) is 0.182. The van der Waals surface area contributed by atoms with Crippen LogP contribution in [0, 0.1) is 5.82 Å². The fraction of sp³-hybridized carbons (Fsp3) is 0.447. The summed E-state index contributed by atoms with van der Waals surface area (Å²) in [7, 11) is 3.47. The van der Waals surface area contributed by atoms with Crippen molar-refractivity contribution in [2.45, 2.75) is 70.9 Å². The molecule has 0 bridgehead atoms. The van der Waals surface area contributed by atoms with Crippen molar-refractivity contribution in [1.82, 2.24) is 19.8 Å². The second-order valence-corrected chi connectivity index (χ2v) is 15.6. The molecule has 1 aromatic heterocycles. The van der Waals surface area contributed by atoms with Crippen molar-refractivity contribution in [3.8, 4) is 11.1 Å². The van der Waals surface area contributed by atoms with Crippen molar-refractivity contribution in [2.75, 3.05) is 50.1 Å². The lowest BCUT2D eigenvalue weighted by Crippen LogP contribution is -2.59. The first-order valence-electron chi connectivity index (χ1n) is 17.3. The summed E-state index contributed by atoms with van der Waals surface area (Å²) in [4.78, 5) is 30.9. The van der Waals surface area contributed by atoms with Crippen LogP contribution in [-0.2, 0) is 14.1 Å². The van der Waals surface area contributed by atoms with E-state index in [1.807, 2.05) is 82.8 Å². The fourth-order valence-corrected chi connectivity index (χ4v) is 7.52. The van der Waals surface area contributed by atoms with Gasteiger partial charge in [-0.05, 0) is 89.6 Å². The number of hydrogen-bond donors (Lipinski definition) is 0. The van der Waals surface area contributed by atoms with Crippen LogP contribution in [0.5, 0.6) is 0 Å². The number of carbonyl (C=O) groups excluding carboxylic acids is 1. The van der Waals surface area contributed by atoms with Gasteiger partial charge >= 0.3 is 7.12 Å². The lowest BCUT2D eigenvalue weighted by Gasteiger charge is -2.45. The minimum absolute atomic E-state index is 0.103. The molecule has 3 fully saturated rings. The van der Waals surface area contributed by atoms with E-state index in [-0.39, 0.29) is 34.1 Å². The number of carbonyl (C=O) groups is 1. The molecule has 0 saturated carbocycles. The fourth-order valence-electron chi connectivity index (χ4n) is 7.22. The Kier molecular flexibility index (Phi) is 8.65. The Morgan fingerprint density at radius 2 is 1.68 bits per heavy atom. The third-order valence-electron chi connectivity index (χ3n) is 11.1. The van der Waals surface area contributed by atoms with E-state index in [9.17, 15) is 4.79 Å². The van der Waals surface area contributed by atoms with Crippen molar-refractivity contribution in [3.63, 3.8) is 0 Å². The summed E-state index contributed by atoms with van der Waals surface area (Å²) < 4.78 is 30.3. The van der Waals surface area contributed by atoms with Gasteiger partial charge < -0.3 is 28.9 Å². The molecule has 0 aliphatic carbocycles. The zero-order valence-electron chi connectivity index (χ0n) is 30.1. The van der Waals surface area contributed by atoms with Crippen molar-refractivity contribution < 1.29 is 18.5 Å². The normalized spacial score (nSPS) is 22.1. The molecule has 3 aromatic carbocycles. The number of fused-ring (bicyclic) bond motifs is 2. The molecule has 4 heterocycles. The lowest BCUT2D eigenvalue weighted by atomic mass is 9.76. The van der Waals surface area contributed by atoms with Gasteiger partial charge in [0.25, 0.3) is 0 Å². The minimum atomic E-state index is -0.641. The van der Waals surface area contributed by atoms with Crippen LogP contribution in [-0.4, -0.2) is 102 Å². The molecule has 0 unspecified atom stereocenters. The molecule has 3 aliphatic rings. The van der Waals surface area contributed by atoms with Crippen LogP contribution in [0.2, 0.25) is 5.02 Å². The summed E-state index contributed by atoms with van der Waals surface area (Å²) in [5, 5.41) is 2.55. The number of halogens is 2. The molecule has 3 aliphatic heterocycles. The second kappa shape index (κ2) is 12.5. The number of aromatic nitrogens is 2. The van der Waals surface area contributed by atoms with Crippen molar-refractivity contribution in [1.29, 1.82) is 0 Å². The number of anilines is 2. The Bertz CT molecular complexity index is 2000. The predicted octanol–water partition coefficient (Wildman–Crippen LogP) is 5.90. The monoisotopic (exact) mass is 698 g/mol. The van der Waals surface area contributed by atoms with Gasteiger partial charge in [-0.1, -0.05) is 54.6 Å². The van der Waals surface area contributed by atoms with Crippen LogP contribution in [0.25, 0.3) is 32.8 Å². The van der Waals surface area contributed by atoms with E-state index < -0.39 is 24.1 Å². The molecule has 262 valence electrons. The van der Waals surface area contributed by atoms with E-state index in [0.29, 0.717) is 41.8 Å². The number of nitrogens with zero attached hydrogens (tertiary/aromatic N) is 6. The molecule has 0 N–H and O–H groups in total. The van der Waals surface area contributed by atoms with Crippen molar-refractivity contribution in [3.05, 3.63) is 66.0 Å². The van der Waals surface area contributed by atoms with E-state index in [1.54, 1.807) is 6.07 Å². The van der Waals surface area contributed by atoms with Crippen molar-refractivity contribution >= 4 is 63.5 Å². The van der Waals surface area contributed by atoms with E-state index in [2.05, 4.69) is 35.4 Å². The number of piperazine rings is 1. The molecule has 3 saturated heterocycles. The van der Waals surface area contributed by atoms with Gasteiger partial charge in [-0.15, -0.1) is 0 Å². The zero-order valence-corrected chi connectivity index (χ0v) is 30.9. The Hall–Kier alpha value is -3.77. The minimum Gasteiger partial charge on any atom is -0.399 e. The highest BCUT2D eigenvalue weighted by molar-refractivity contribution is 6.62. The Morgan fingerprint density at radius 3 is 2.34 bits per heavy atom. The number of likely N-dealkylation sites (N-methyl/N-ethyl adjacent to an activating group) is 1. The average Bonchev–Trinajstić information content (AvgIpc) is 3.26. The van der Waals surface area contributed by atoms with E-state index in [4.69, 9.17) is 30.9 Å². The summed E-state index contributed by atoms with van der Waals surface area (Å²) in [6.45, 7) is 18.2. The standard InChI is InChI=1S/C38H45BClFN6O3/c1-10-31(48)46-18-23(3)47(19-22(46)2)35-29-17-30(40)32(33(41)34(29)42-36(43-35)45-20-26(21-45)44(8)9)28-16-25(15-24-13-11-12-14-27(24)28)39-49-37(4,5)38(6,7)50-39/h10-17,22-23,26H,1,18-21H2,2-9H3/t22-,23+/m1/s1. The zero-order chi connectivity index (χ0) is 35.9. The summed E-state index contributed by atoms with van der Waals surface area (Å²) in [6.07, 6.45) is 1.35. The van der Waals surface area contributed by atoms with Crippen LogP contribution in [0.15, 0.2) is 55.1 Å². The molecule has 2 atom stereocenters. The molecular formula is C38H45BClFN6O3. The van der Waals surface area contributed by atoms with Gasteiger partial charge in [0.15, 0.2) is 5.82 Å². The van der Waals surface area contributed by atoms with Gasteiger partial charge in [0, 0.05) is 55.3 Å². The Labute approximate surface area is 299 Å². The van der Waals surface area contributed by atoms with Crippen LogP contribution < -0.4 is 15.3 Å². The number of benzene rings is 3. The largest absolute Gasteiger partial charge is 0.494 e. The number of hydrogen-bond acceptors (Lipinski definition) is 8.